The van der Waals surface area contributed by atoms with Gasteiger partial charge in [-0.05, 0) is 5.92 Å². The van der Waals surface area contributed by atoms with Gasteiger partial charge < -0.3 is 5.73 Å². The normalized spacial score (nSPS) is 11.1. The highest BCUT2D eigenvalue weighted by atomic mass is 35.5. The van der Waals surface area contributed by atoms with Gasteiger partial charge in [0, 0.05) is 5.56 Å². The Morgan fingerprint density at radius 2 is 1.57 bits per heavy atom. The monoisotopic (exact) mass is 223 g/mol. The summed E-state index contributed by atoms with van der Waals surface area (Å²) in [5.74, 6) is -4.64. The van der Waals surface area contributed by atoms with Crippen LogP contribution in [0.5, 0.6) is 0 Å². The Hall–Kier alpha value is -0.900. The number of nitrogen functional groups attached to an aromatic ring is 1. The van der Waals surface area contributed by atoms with Crippen molar-refractivity contribution in [3.63, 3.8) is 0 Å². The SMILES string of the molecule is CC(C)c1c(F)c(F)c(F)c(N)c1Cl. The molecule has 0 aliphatic carbocycles. The molecule has 0 atom stereocenters. The van der Waals surface area contributed by atoms with Crippen molar-refractivity contribution in [3.05, 3.63) is 28.0 Å². The van der Waals surface area contributed by atoms with Crippen molar-refractivity contribution in [1.82, 2.24) is 0 Å². The van der Waals surface area contributed by atoms with Crippen LogP contribution in [0.1, 0.15) is 25.3 Å². The first kappa shape index (κ1) is 11.2. The van der Waals surface area contributed by atoms with Gasteiger partial charge in [0.15, 0.2) is 17.5 Å². The molecule has 0 aliphatic rings. The molecule has 1 aromatic rings. The summed E-state index contributed by atoms with van der Waals surface area (Å²) in [5, 5.41) is -0.253. The number of anilines is 1. The van der Waals surface area contributed by atoms with Crippen LogP contribution in [-0.4, -0.2) is 0 Å². The fraction of sp³-hybridized carbons (Fsp3) is 0.333. The maximum absolute atomic E-state index is 13.2. The molecule has 5 heteroatoms. The molecule has 0 heterocycles. The first-order valence-electron chi connectivity index (χ1n) is 3.99. The number of rotatable bonds is 1. The second kappa shape index (κ2) is 3.69. The summed E-state index contributed by atoms with van der Waals surface area (Å²) >= 11 is 5.60. The Balaban J connectivity index is 3.60. The minimum Gasteiger partial charge on any atom is -0.395 e. The highest BCUT2D eigenvalue weighted by Crippen LogP contribution is 2.35. The van der Waals surface area contributed by atoms with Gasteiger partial charge in [-0.3, -0.25) is 0 Å². The third kappa shape index (κ3) is 1.54. The molecule has 2 N–H and O–H groups in total. The molecule has 78 valence electrons. The van der Waals surface area contributed by atoms with Crippen molar-refractivity contribution in [2.24, 2.45) is 0 Å². The largest absolute Gasteiger partial charge is 0.395 e. The summed E-state index contributed by atoms with van der Waals surface area (Å²) in [5.41, 5.74) is 4.54. The molecule has 0 unspecified atom stereocenters. The van der Waals surface area contributed by atoms with Crippen molar-refractivity contribution < 1.29 is 13.2 Å². The lowest BCUT2D eigenvalue weighted by molar-refractivity contribution is 0.440. The molecule has 0 fully saturated rings. The van der Waals surface area contributed by atoms with Crippen molar-refractivity contribution in [3.8, 4) is 0 Å². The first-order valence-corrected chi connectivity index (χ1v) is 4.37. The van der Waals surface area contributed by atoms with Crippen LogP contribution in [0.25, 0.3) is 0 Å². The van der Waals surface area contributed by atoms with E-state index in [1.54, 1.807) is 13.8 Å². The minimum absolute atomic E-state index is 0.0944. The van der Waals surface area contributed by atoms with E-state index in [4.69, 9.17) is 17.3 Å². The zero-order valence-corrected chi connectivity index (χ0v) is 8.42. The van der Waals surface area contributed by atoms with E-state index in [2.05, 4.69) is 0 Å². The summed E-state index contributed by atoms with van der Waals surface area (Å²) in [6.45, 7) is 3.22. The van der Waals surface area contributed by atoms with Crippen molar-refractivity contribution >= 4 is 17.3 Å². The minimum atomic E-state index is -1.57. The molecule has 0 radical (unpaired) electrons. The Labute approximate surface area is 84.7 Å². The summed E-state index contributed by atoms with van der Waals surface area (Å²) in [6.07, 6.45) is 0. The number of halogens is 4. The van der Waals surface area contributed by atoms with E-state index in [0.717, 1.165) is 0 Å². The van der Waals surface area contributed by atoms with Crippen LogP contribution >= 0.6 is 11.6 Å². The second-order valence-electron chi connectivity index (χ2n) is 3.24. The molecule has 0 saturated carbocycles. The lowest BCUT2D eigenvalue weighted by Crippen LogP contribution is -2.06. The average Bonchev–Trinajstić information content (AvgIpc) is 2.11. The number of hydrogen-bond acceptors (Lipinski definition) is 1. The van der Waals surface area contributed by atoms with Gasteiger partial charge in [0.05, 0.1) is 10.7 Å². The van der Waals surface area contributed by atoms with E-state index in [1.807, 2.05) is 0 Å². The van der Waals surface area contributed by atoms with Gasteiger partial charge >= 0.3 is 0 Å². The van der Waals surface area contributed by atoms with Gasteiger partial charge in [-0.1, -0.05) is 25.4 Å². The smallest absolute Gasteiger partial charge is 0.196 e. The van der Waals surface area contributed by atoms with Crippen molar-refractivity contribution in [2.45, 2.75) is 19.8 Å². The summed E-state index contributed by atoms with van der Waals surface area (Å²) in [4.78, 5) is 0. The predicted molar refractivity (Wildman–Crippen MR) is 49.8 cm³/mol. The van der Waals surface area contributed by atoms with Crippen LogP contribution in [0.4, 0.5) is 18.9 Å². The molecule has 0 saturated heterocycles. The second-order valence-corrected chi connectivity index (χ2v) is 3.62. The topological polar surface area (TPSA) is 26.0 Å². The van der Waals surface area contributed by atoms with Crippen molar-refractivity contribution in [1.29, 1.82) is 0 Å². The van der Waals surface area contributed by atoms with E-state index < -0.39 is 23.1 Å². The summed E-state index contributed by atoms with van der Waals surface area (Å²) in [7, 11) is 0. The molecule has 1 nitrogen and oxygen atoms in total. The van der Waals surface area contributed by atoms with E-state index >= 15 is 0 Å². The highest BCUT2D eigenvalue weighted by molar-refractivity contribution is 6.34. The van der Waals surface area contributed by atoms with E-state index in [0.29, 0.717) is 0 Å². The molecular weight excluding hydrogens is 215 g/mol. The molecule has 0 bridgehead atoms. The number of nitrogens with two attached hydrogens (primary N) is 1. The molecule has 1 aromatic carbocycles. The van der Waals surface area contributed by atoms with Gasteiger partial charge in [0.25, 0.3) is 0 Å². The van der Waals surface area contributed by atoms with Gasteiger partial charge in [0.1, 0.15) is 0 Å². The van der Waals surface area contributed by atoms with Crippen LogP contribution < -0.4 is 5.73 Å². The maximum atomic E-state index is 13.2. The van der Waals surface area contributed by atoms with E-state index in [-0.39, 0.29) is 16.5 Å². The molecule has 0 spiro atoms. The molecule has 0 amide bonds. The third-order valence-corrected chi connectivity index (χ3v) is 2.32. The Morgan fingerprint density at radius 1 is 1.07 bits per heavy atom. The fourth-order valence-electron chi connectivity index (χ4n) is 1.18. The third-order valence-electron chi connectivity index (χ3n) is 1.91. The van der Waals surface area contributed by atoms with Gasteiger partial charge in [-0.15, -0.1) is 0 Å². The van der Waals surface area contributed by atoms with Crippen LogP contribution in [0.2, 0.25) is 5.02 Å². The summed E-state index contributed by atoms with van der Waals surface area (Å²) < 4.78 is 39.0. The Kier molecular flexibility index (Phi) is 2.95. The van der Waals surface area contributed by atoms with Crippen LogP contribution in [0.15, 0.2) is 0 Å². The molecule has 0 aliphatic heterocycles. The summed E-state index contributed by atoms with van der Waals surface area (Å²) in [6, 6.07) is 0. The average molecular weight is 224 g/mol. The van der Waals surface area contributed by atoms with E-state index in [9.17, 15) is 13.2 Å². The van der Waals surface area contributed by atoms with Crippen LogP contribution in [0, 0.1) is 17.5 Å². The Morgan fingerprint density at radius 3 is 2.00 bits per heavy atom. The zero-order chi connectivity index (χ0) is 11.0. The Bertz CT molecular complexity index is 348. The van der Waals surface area contributed by atoms with Crippen molar-refractivity contribution in [2.75, 3.05) is 5.73 Å². The highest BCUT2D eigenvalue weighted by Gasteiger charge is 2.23. The van der Waals surface area contributed by atoms with E-state index in [1.165, 1.54) is 0 Å². The fourth-order valence-corrected chi connectivity index (χ4v) is 1.56. The maximum Gasteiger partial charge on any atom is 0.196 e. The molecule has 14 heavy (non-hydrogen) atoms. The lowest BCUT2D eigenvalue weighted by atomic mass is 10.0. The van der Waals surface area contributed by atoms with Crippen LogP contribution in [0.3, 0.4) is 0 Å². The van der Waals surface area contributed by atoms with Gasteiger partial charge in [-0.25, -0.2) is 13.2 Å². The lowest BCUT2D eigenvalue weighted by Gasteiger charge is -2.12. The van der Waals surface area contributed by atoms with Gasteiger partial charge in [0.2, 0.25) is 0 Å². The van der Waals surface area contributed by atoms with Gasteiger partial charge in [-0.2, -0.15) is 0 Å². The molecular formula is C9H9ClF3N. The number of benzene rings is 1. The van der Waals surface area contributed by atoms with Crippen LogP contribution in [-0.2, 0) is 0 Å². The molecule has 0 aromatic heterocycles. The zero-order valence-electron chi connectivity index (χ0n) is 7.67. The molecule has 1 rings (SSSR count). The number of hydrogen-bond donors (Lipinski definition) is 1. The predicted octanol–water partition coefficient (Wildman–Crippen LogP) is 3.46. The standard InChI is InChI=1S/C9H9ClF3N/c1-3(2)4-5(10)9(14)8(13)7(12)6(4)11/h3H,14H2,1-2H3. The quantitative estimate of drug-likeness (QED) is 0.440. The first-order chi connectivity index (χ1) is 6.37.